The number of anilines is 2. The summed E-state index contributed by atoms with van der Waals surface area (Å²) in [5.74, 6) is -22.1. The largest absolute Gasteiger partial charge is 2.00 e. The fourth-order valence-electron chi connectivity index (χ4n) is 7.69. The second-order valence-electron chi connectivity index (χ2n) is 15.1. The van der Waals surface area contributed by atoms with E-state index >= 15 is 35.1 Å². The van der Waals surface area contributed by atoms with Crippen LogP contribution in [0.5, 0.6) is 0 Å². The minimum absolute atomic E-state index is 0. The van der Waals surface area contributed by atoms with Crippen molar-refractivity contribution in [1.82, 2.24) is 19.9 Å². The van der Waals surface area contributed by atoms with Crippen LogP contribution in [-0.2, 0) is 17.1 Å². The Bertz CT molecular complexity index is 3060. The first-order valence-electron chi connectivity index (χ1n) is 19.2. The van der Waals surface area contributed by atoms with Crippen LogP contribution in [0.2, 0.25) is 0 Å². The molecular formula is C48H28F10FeN6. The quantitative estimate of drug-likeness (QED) is 0.0716. The van der Waals surface area contributed by atoms with Crippen molar-refractivity contribution in [3.05, 3.63) is 154 Å². The summed E-state index contributed by atoms with van der Waals surface area (Å²) in [6.07, 6.45) is 5.37. The fraction of sp³-hybridized carbons (Fsp3) is 0.0833. The molecule has 0 saturated heterocycles. The number of aromatic nitrogens is 4. The molecule has 0 atom stereocenters. The summed E-state index contributed by atoms with van der Waals surface area (Å²) in [5, 5.41) is 0. The van der Waals surface area contributed by atoms with Gasteiger partial charge in [0.25, 0.3) is 0 Å². The van der Waals surface area contributed by atoms with E-state index in [1.807, 2.05) is 9.80 Å². The first-order chi connectivity index (χ1) is 30.5. The summed E-state index contributed by atoms with van der Waals surface area (Å²) in [5.41, 5.74) is -1.94. The molecule has 0 spiro atoms. The van der Waals surface area contributed by atoms with Gasteiger partial charge in [-0.05, 0) is 82.0 Å². The van der Waals surface area contributed by atoms with Gasteiger partial charge in [0.05, 0.1) is 33.9 Å². The van der Waals surface area contributed by atoms with Crippen LogP contribution in [-0.4, -0.2) is 38.2 Å². The van der Waals surface area contributed by atoms with Crippen LogP contribution < -0.4 is 19.8 Å². The van der Waals surface area contributed by atoms with Gasteiger partial charge in [-0.3, -0.25) is 0 Å². The molecule has 9 rings (SSSR count). The average Bonchev–Trinajstić information content (AvgIpc) is 4.14. The topological polar surface area (TPSA) is 60.5 Å². The Balaban J connectivity index is 0.00000576. The van der Waals surface area contributed by atoms with E-state index in [1.165, 1.54) is 48.6 Å². The summed E-state index contributed by atoms with van der Waals surface area (Å²) in [6, 6.07) is 19.0. The molecule has 0 saturated carbocycles. The van der Waals surface area contributed by atoms with Gasteiger partial charge in [0, 0.05) is 39.6 Å². The monoisotopic (exact) mass is 934 g/mol. The van der Waals surface area contributed by atoms with E-state index in [0.717, 1.165) is 11.4 Å². The molecule has 328 valence electrons. The summed E-state index contributed by atoms with van der Waals surface area (Å²) in [6.45, 7) is 0. The van der Waals surface area contributed by atoms with E-state index in [-0.39, 0.29) is 73.0 Å². The van der Waals surface area contributed by atoms with Gasteiger partial charge >= 0.3 is 17.1 Å². The summed E-state index contributed by atoms with van der Waals surface area (Å²) in [4.78, 5) is 22.3. The van der Waals surface area contributed by atoms with E-state index < -0.39 is 80.4 Å². The zero-order valence-corrected chi connectivity index (χ0v) is 35.2. The van der Waals surface area contributed by atoms with Crippen LogP contribution >= 0.6 is 0 Å². The molecule has 0 amide bonds. The van der Waals surface area contributed by atoms with E-state index in [2.05, 4.69) is 19.9 Å². The van der Waals surface area contributed by atoms with Crippen molar-refractivity contribution in [2.24, 2.45) is 0 Å². The average molecular weight is 935 g/mol. The molecule has 4 aromatic carbocycles. The van der Waals surface area contributed by atoms with E-state index in [4.69, 9.17) is 0 Å². The minimum atomic E-state index is -2.37. The zero-order chi connectivity index (χ0) is 45.5. The van der Waals surface area contributed by atoms with Crippen LogP contribution in [0.1, 0.15) is 22.8 Å². The van der Waals surface area contributed by atoms with Gasteiger partial charge in [0.15, 0.2) is 46.5 Å². The fourth-order valence-corrected chi connectivity index (χ4v) is 7.69. The Labute approximate surface area is 373 Å². The van der Waals surface area contributed by atoms with Crippen molar-refractivity contribution in [1.29, 1.82) is 0 Å². The van der Waals surface area contributed by atoms with Crippen LogP contribution in [0, 0.1) is 58.2 Å². The van der Waals surface area contributed by atoms with E-state index in [9.17, 15) is 8.78 Å². The molecule has 5 heterocycles. The van der Waals surface area contributed by atoms with Gasteiger partial charge in [-0.1, -0.05) is 48.5 Å². The molecule has 6 nitrogen and oxygen atoms in total. The van der Waals surface area contributed by atoms with Gasteiger partial charge in [-0.2, -0.15) is 0 Å². The first kappa shape index (κ1) is 44.5. The first-order valence-corrected chi connectivity index (χ1v) is 19.2. The van der Waals surface area contributed by atoms with E-state index in [0.29, 0.717) is 11.1 Å². The van der Waals surface area contributed by atoms with Crippen molar-refractivity contribution in [2.75, 3.05) is 38.0 Å². The number of nitrogens with zero attached hydrogens (tertiary/aromatic N) is 6. The minimum Gasteiger partial charge on any atom is -0.657 e. The maximum absolute atomic E-state index is 15.9. The number of halogens is 10. The van der Waals surface area contributed by atoms with Crippen LogP contribution in [0.25, 0.3) is 90.9 Å². The zero-order valence-electron chi connectivity index (χ0n) is 34.1. The Kier molecular flexibility index (Phi) is 11.5. The molecule has 0 aliphatic carbocycles. The third kappa shape index (κ3) is 7.34. The number of fused-ring (bicyclic) bond motifs is 8. The normalized spacial score (nSPS) is 11.9. The van der Waals surface area contributed by atoms with Gasteiger partial charge in [-0.25, -0.2) is 53.9 Å². The summed E-state index contributed by atoms with van der Waals surface area (Å²) in [7, 11) is 7.19. The molecule has 7 aromatic rings. The summed E-state index contributed by atoms with van der Waals surface area (Å²) >= 11 is 0. The number of hydrogen-bond acceptors (Lipinski definition) is 4. The van der Waals surface area contributed by atoms with Crippen molar-refractivity contribution in [3.8, 4) is 44.5 Å². The molecular weight excluding hydrogens is 906 g/mol. The Morgan fingerprint density at radius 3 is 0.846 bits per heavy atom. The number of benzene rings is 4. The van der Waals surface area contributed by atoms with Gasteiger partial charge in [-0.15, -0.1) is 22.1 Å². The van der Waals surface area contributed by atoms with Crippen molar-refractivity contribution < 1.29 is 61.0 Å². The SMILES string of the molecule is CN(C)c1ccc(-c2c3nc(c(-c4c(F)c(F)c(F)c(F)c4F)c4ccc([n-]4)c(-c4ccc(N(C)C)cc4)c4nc(c(-c5c(F)c(F)c(F)c(F)c5F)c5ccc2[n-]5)C=C4)C=C3)cc1.[Fe+2]. The molecule has 3 aromatic heterocycles. The Morgan fingerprint density at radius 1 is 0.323 bits per heavy atom. The Hall–Kier alpha value is -7.10. The molecule has 17 heteroatoms. The third-order valence-corrected chi connectivity index (χ3v) is 10.9. The van der Waals surface area contributed by atoms with Gasteiger partial charge in [0.1, 0.15) is 0 Å². The predicted molar refractivity (Wildman–Crippen MR) is 227 cm³/mol. The predicted octanol–water partition coefficient (Wildman–Crippen LogP) is 12.1. The maximum atomic E-state index is 15.9. The molecule has 65 heavy (non-hydrogen) atoms. The molecule has 2 aliphatic rings. The van der Waals surface area contributed by atoms with Crippen LogP contribution in [0.3, 0.4) is 0 Å². The number of hydrogen-bond donors (Lipinski definition) is 0. The van der Waals surface area contributed by atoms with Crippen LogP contribution in [0.15, 0.2) is 72.8 Å². The van der Waals surface area contributed by atoms with Gasteiger partial charge in [0.2, 0.25) is 11.6 Å². The molecule has 0 radical (unpaired) electrons. The molecule has 0 unspecified atom stereocenters. The standard InChI is InChI=1S/C48H28F10N6.Fe/c1-63(2)23-9-5-21(6-10-23)33-25-13-17-29(59-25)35(37-39(49)43(53)47(57)44(54)40(37)50)31-19-15-27(61-31)34(22-7-11-24(12-8-22)64(3)4)28-16-20-32(62-28)36(30-18-14-26(33)60-30)38-41(51)45(55)48(58)46(56)42(38)52;/h5-20H,1-4H3;/q-2;+2. The van der Waals surface area contributed by atoms with E-state index in [1.54, 1.807) is 76.7 Å². The molecule has 2 aliphatic heterocycles. The molecule has 8 bridgehead atoms. The van der Waals surface area contributed by atoms with Gasteiger partial charge < -0.3 is 19.8 Å². The summed E-state index contributed by atoms with van der Waals surface area (Å²) < 4.78 is 153. The van der Waals surface area contributed by atoms with Crippen molar-refractivity contribution >= 4 is 57.7 Å². The number of rotatable bonds is 6. The second-order valence-corrected chi connectivity index (χ2v) is 15.1. The Morgan fingerprint density at radius 2 is 0.569 bits per heavy atom. The molecule has 0 N–H and O–H groups in total. The van der Waals surface area contributed by atoms with Crippen LogP contribution in [0.4, 0.5) is 55.3 Å². The smallest absolute Gasteiger partial charge is 0.657 e. The second kappa shape index (κ2) is 16.8. The maximum Gasteiger partial charge on any atom is 2.00 e. The van der Waals surface area contributed by atoms with Crippen molar-refractivity contribution in [2.45, 2.75) is 0 Å². The third-order valence-electron chi connectivity index (χ3n) is 10.9. The molecule has 0 fully saturated rings. The van der Waals surface area contributed by atoms with Crippen molar-refractivity contribution in [3.63, 3.8) is 0 Å².